The molecule has 0 aromatic heterocycles. The van der Waals surface area contributed by atoms with Gasteiger partial charge in [0.15, 0.2) is 0 Å². The lowest BCUT2D eigenvalue weighted by atomic mass is 10.1. The van der Waals surface area contributed by atoms with E-state index in [0.717, 1.165) is 16.8 Å². The lowest BCUT2D eigenvalue weighted by Gasteiger charge is -2.14. The highest BCUT2D eigenvalue weighted by Gasteiger charge is 2.14. The third kappa shape index (κ3) is 3.16. The summed E-state index contributed by atoms with van der Waals surface area (Å²) in [5, 5.41) is 3.39. The fourth-order valence-corrected chi connectivity index (χ4v) is 2.05. The molecule has 1 aromatic rings. The normalized spacial score (nSPS) is 12.3. The predicted octanol–water partition coefficient (Wildman–Crippen LogP) is 3.65. The number of thioether (sulfide) groups is 1. The molecule has 4 heteroatoms. The summed E-state index contributed by atoms with van der Waals surface area (Å²) in [6, 6.07) is 3.86. The molecule has 0 spiro atoms. The van der Waals surface area contributed by atoms with Gasteiger partial charge in [-0.25, -0.2) is 0 Å². The van der Waals surface area contributed by atoms with E-state index < -0.39 is 0 Å². The zero-order valence-electron chi connectivity index (χ0n) is 9.93. The van der Waals surface area contributed by atoms with Crippen molar-refractivity contribution in [3.63, 3.8) is 0 Å². The van der Waals surface area contributed by atoms with Crippen LogP contribution < -0.4 is 5.32 Å². The smallest absolute Gasteiger partial charge is 0.237 e. The van der Waals surface area contributed by atoms with Crippen molar-refractivity contribution in [2.24, 2.45) is 0 Å². The summed E-state index contributed by atoms with van der Waals surface area (Å²) >= 11 is 7.62. The van der Waals surface area contributed by atoms with E-state index >= 15 is 0 Å². The van der Waals surface area contributed by atoms with Gasteiger partial charge in [0.25, 0.3) is 0 Å². The zero-order chi connectivity index (χ0) is 12.3. The summed E-state index contributed by atoms with van der Waals surface area (Å²) in [7, 11) is 0. The van der Waals surface area contributed by atoms with Crippen molar-refractivity contribution < 1.29 is 4.79 Å². The first kappa shape index (κ1) is 13.4. The van der Waals surface area contributed by atoms with E-state index in [1.54, 1.807) is 0 Å². The van der Waals surface area contributed by atoms with Crippen molar-refractivity contribution in [1.82, 2.24) is 0 Å². The Morgan fingerprint density at radius 2 is 2.06 bits per heavy atom. The van der Waals surface area contributed by atoms with Crippen molar-refractivity contribution in [1.29, 1.82) is 0 Å². The number of halogens is 1. The third-order valence-electron chi connectivity index (χ3n) is 2.40. The molecule has 1 amide bonds. The lowest BCUT2D eigenvalue weighted by Crippen LogP contribution is -2.22. The maximum absolute atomic E-state index is 11.7. The van der Waals surface area contributed by atoms with Gasteiger partial charge in [0.1, 0.15) is 0 Å². The van der Waals surface area contributed by atoms with Crippen LogP contribution in [-0.2, 0) is 4.79 Å². The molecule has 0 saturated heterocycles. The predicted molar refractivity (Wildman–Crippen MR) is 72.5 cm³/mol. The number of nitrogens with one attached hydrogen (secondary N) is 1. The van der Waals surface area contributed by atoms with Crippen LogP contribution >= 0.6 is 23.4 Å². The van der Waals surface area contributed by atoms with Crippen LogP contribution in [0.3, 0.4) is 0 Å². The molecule has 0 fully saturated rings. The Balaban J connectivity index is 2.93. The van der Waals surface area contributed by atoms with E-state index in [2.05, 4.69) is 5.32 Å². The van der Waals surface area contributed by atoms with Gasteiger partial charge in [-0.15, -0.1) is 0 Å². The molecule has 16 heavy (non-hydrogen) atoms. The summed E-state index contributed by atoms with van der Waals surface area (Å²) in [6.07, 6.45) is 1.91. The van der Waals surface area contributed by atoms with Crippen LogP contribution in [0.1, 0.15) is 18.1 Å². The highest BCUT2D eigenvalue weighted by molar-refractivity contribution is 7.99. The van der Waals surface area contributed by atoms with E-state index in [9.17, 15) is 4.79 Å². The van der Waals surface area contributed by atoms with Gasteiger partial charge >= 0.3 is 0 Å². The second-order valence-electron chi connectivity index (χ2n) is 3.81. The standard InChI is InChI=1S/C12H16ClNOS/c1-7-5-8(2)11(10(13)6-7)14-12(15)9(3)16-4/h5-6,9H,1-4H3,(H,14,15). The van der Waals surface area contributed by atoms with E-state index in [4.69, 9.17) is 11.6 Å². The number of amides is 1. The Labute approximate surface area is 106 Å². The summed E-state index contributed by atoms with van der Waals surface area (Å²) in [5.41, 5.74) is 2.81. The fraction of sp³-hybridized carbons (Fsp3) is 0.417. The summed E-state index contributed by atoms with van der Waals surface area (Å²) in [6.45, 7) is 5.80. The molecule has 2 nitrogen and oxygen atoms in total. The molecular weight excluding hydrogens is 242 g/mol. The molecule has 0 saturated carbocycles. The molecule has 1 unspecified atom stereocenters. The Kier molecular flexibility index (Phi) is 4.69. The quantitative estimate of drug-likeness (QED) is 0.896. The molecule has 1 N–H and O–H groups in total. The van der Waals surface area contributed by atoms with E-state index in [1.807, 2.05) is 39.2 Å². The topological polar surface area (TPSA) is 29.1 Å². The molecule has 0 aliphatic rings. The summed E-state index contributed by atoms with van der Waals surface area (Å²) < 4.78 is 0. The fourth-order valence-electron chi connectivity index (χ4n) is 1.41. The summed E-state index contributed by atoms with van der Waals surface area (Å²) in [4.78, 5) is 11.7. The first-order chi connectivity index (χ1) is 7.45. The Morgan fingerprint density at radius 3 is 2.56 bits per heavy atom. The average molecular weight is 258 g/mol. The average Bonchev–Trinajstić information content (AvgIpc) is 2.21. The monoisotopic (exact) mass is 257 g/mol. The van der Waals surface area contributed by atoms with E-state index in [0.29, 0.717) is 5.02 Å². The number of hydrogen-bond acceptors (Lipinski definition) is 2. The van der Waals surface area contributed by atoms with Crippen molar-refractivity contribution in [2.75, 3.05) is 11.6 Å². The third-order valence-corrected chi connectivity index (χ3v) is 3.62. The highest BCUT2D eigenvalue weighted by Crippen LogP contribution is 2.27. The molecule has 0 radical (unpaired) electrons. The number of anilines is 1. The minimum absolute atomic E-state index is 0.0126. The molecule has 0 aliphatic carbocycles. The van der Waals surface area contributed by atoms with Crippen molar-refractivity contribution in [3.05, 3.63) is 28.3 Å². The second kappa shape index (κ2) is 5.60. The number of carbonyl (C=O) groups is 1. The first-order valence-corrected chi connectivity index (χ1v) is 6.72. The van der Waals surface area contributed by atoms with Gasteiger partial charge in [-0.3, -0.25) is 4.79 Å². The van der Waals surface area contributed by atoms with Gasteiger partial charge in [0.05, 0.1) is 16.0 Å². The number of rotatable bonds is 3. The van der Waals surface area contributed by atoms with Gasteiger partial charge in [-0.05, 0) is 44.2 Å². The van der Waals surface area contributed by atoms with E-state index in [-0.39, 0.29) is 11.2 Å². The Hall–Kier alpha value is -0.670. The molecule has 0 bridgehead atoms. The van der Waals surface area contributed by atoms with Crippen molar-refractivity contribution in [3.8, 4) is 0 Å². The summed E-state index contributed by atoms with van der Waals surface area (Å²) in [5.74, 6) is -0.0126. The number of hydrogen-bond donors (Lipinski definition) is 1. The van der Waals surface area contributed by atoms with Crippen LogP contribution in [0, 0.1) is 13.8 Å². The molecule has 1 rings (SSSR count). The first-order valence-electron chi connectivity index (χ1n) is 5.06. The molecule has 0 heterocycles. The maximum atomic E-state index is 11.7. The molecule has 1 aromatic carbocycles. The van der Waals surface area contributed by atoms with Crippen molar-refractivity contribution >= 4 is 35.0 Å². The lowest BCUT2D eigenvalue weighted by molar-refractivity contribution is -0.115. The van der Waals surface area contributed by atoms with Crippen LogP contribution in [0.25, 0.3) is 0 Å². The molecule has 1 atom stereocenters. The van der Waals surface area contributed by atoms with Crippen LogP contribution in [0.15, 0.2) is 12.1 Å². The van der Waals surface area contributed by atoms with E-state index in [1.165, 1.54) is 11.8 Å². The van der Waals surface area contributed by atoms with Crippen molar-refractivity contribution in [2.45, 2.75) is 26.0 Å². The maximum Gasteiger partial charge on any atom is 0.237 e. The number of aryl methyl sites for hydroxylation is 2. The molecule has 88 valence electrons. The number of benzene rings is 1. The Bertz CT molecular complexity index is 383. The highest BCUT2D eigenvalue weighted by atomic mass is 35.5. The second-order valence-corrected chi connectivity index (χ2v) is 5.39. The minimum Gasteiger partial charge on any atom is -0.324 e. The Morgan fingerprint density at radius 1 is 1.44 bits per heavy atom. The van der Waals surface area contributed by atoms with Crippen LogP contribution in [0.2, 0.25) is 5.02 Å². The van der Waals surface area contributed by atoms with Gasteiger partial charge in [-0.1, -0.05) is 17.7 Å². The van der Waals surface area contributed by atoms with Gasteiger partial charge in [0, 0.05) is 0 Å². The minimum atomic E-state index is -0.0724. The zero-order valence-corrected chi connectivity index (χ0v) is 11.5. The van der Waals surface area contributed by atoms with Gasteiger partial charge in [0.2, 0.25) is 5.91 Å². The van der Waals surface area contributed by atoms with Gasteiger partial charge in [-0.2, -0.15) is 11.8 Å². The van der Waals surface area contributed by atoms with Gasteiger partial charge < -0.3 is 5.32 Å². The van der Waals surface area contributed by atoms with Crippen LogP contribution in [0.5, 0.6) is 0 Å². The molecular formula is C12H16ClNOS. The largest absolute Gasteiger partial charge is 0.324 e. The van der Waals surface area contributed by atoms with Crippen LogP contribution in [0.4, 0.5) is 5.69 Å². The molecule has 0 aliphatic heterocycles. The van der Waals surface area contributed by atoms with Crippen LogP contribution in [-0.4, -0.2) is 17.4 Å². The number of carbonyl (C=O) groups excluding carboxylic acids is 1. The SMILES string of the molecule is CSC(C)C(=O)Nc1c(C)cc(C)cc1Cl.